The minimum atomic E-state index is -0.482. The molecule has 0 spiro atoms. The van der Waals surface area contributed by atoms with Crippen LogP contribution in [0.5, 0.6) is 0 Å². The van der Waals surface area contributed by atoms with Crippen molar-refractivity contribution >= 4 is 17.6 Å². The van der Waals surface area contributed by atoms with E-state index in [0.717, 1.165) is 12.0 Å². The van der Waals surface area contributed by atoms with Crippen LogP contribution in [0.15, 0.2) is 18.2 Å². The normalized spacial score (nSPS) is 9.56. The lowest BCUT2D eigenvalue weighted by molar-refractivity contribution is 0.0600. The molecule has 0 atom stereocenters. The number of nitriles is 1. The minimum Gasteiger partial charge on any atom is -0.465 e. The molecule has 0 fully saturated rings. The van der Waals surface area contributed by atoms with Crippen LogP contribution in [-0.4, -0.2) is 19.0 Å². The van der Waals surface area contributed by atoms with Crippen LogP contribution >= 0.6 is 11.6 Å². The Balaban J connectivity index is 3.11. The average Bonchev–Trinajstić information content (AvgIpc) is 2.34. The van der Waals surface area contributed by atoms with E-state index in [1.54, 1.807) is 12.1 Å². The lowest BCUT2D eigenvalue weighted by Gasteiger charge is -2.06. The van der Waals surface area contributed by atoms with E-state index in [9.17, 15) is 4.79 Å². The molecule has 0 heterocycles. The third-order valence-electron chi connectivity index (χ3n) is 2.25. The lowest BCUT2D eigenvalue weighted by Crippen LogP contribution is -2.06. The van der Waals surface area contributed by atoms with Crippen molar-refractivity contribution in [2.45, 2.75) is 12.8 Å². The van der Waals surface area contributed by atoms with Crippen molar-refractivity contribution in [3.63, 3.8) is 0 Å². The van der Waals surface area contributed by atoms with Gasteiger partial charge in [-0.05, 0) is 24.5 Å². The SMILES string of the molecule is COC(=O)c1cccc(CCCCl)c1C#N. The molecule has 0 saturated heterocycles. The van der Waals surface area contributed by atoms with E-state index >= 15 is 0 Å². The van der Waals surface area contributed by atoms with Gasteiger partial charge in [0.05, 0.1) is 18.2 Å². The Morgan fingerprint density at radius 1 is 1.56 bits per heavy atom. The van der Waals surface area contributed by atoms with Crippen molar-refractivity contribution < 1.29 is 9.53 Å². The van der Waals surface area contributed by atoms with Crippen molar-refractivity contribution in [3.05, 3.63) is 34.9 Å². The highest BCUT2D eigenvalue weighted by molar-refractivity contribution is 6.17. The molecule has 0 aliphatic carbocycles. The summed E-state index contributed by atoms with van der Waals surface area (Å²) in [6, 6.07) is 7.21. The van der Waals surface area contributed by atoms with E-state index in [2.05, 4.69) is 4.74 Å². The molecule has 0 aliphatic heterocycles. The minimum absolute atomic E-state index is 0.317. The molecule has 1 aromatic carbocycles. The summed E-state index contributed by atoms with van der Waals surface area (Å²) in [5.41, 5.74) is 1.54. The third kappa shape index (κ3) is 2.74. The molecular weight excluding hydrogens is 226 g/mol. The number of benzene rings is 1. The summed E-state index contributed by atoms with van der Waals surface area (Å²) in [5, 5.41) is 9.05. The molecule has 0 unspecified atom stereocenters. The van der Waals surface area contributed by atoms with Crippen molar-refractivity contribution in [1.29, 1.82) is 5.26 Å². The highest BCUT2D eigenvalue weighted by Crippen LogP contribution is 2.16. The number of nitrogens with zero attached hydrogens (tertiary/aromatic N) is 1. The standard InChI is InChI=1S/C12H12ClNO2/c1-16-12(15)10-6-2-4-9(5-3-7-13)11(10)8-14/h2,4,6H,3,5,7H2,1H3. The Labute approximate surface area is 99.6 Å². The topological polar surface area (TPSA) is 50.1 Å². The summed E-state index contributed by atoms with van der Waals surface area (Å²) < 4.78 is 4.62. The first-order valence-electron chi connectivity index (χ1n) is 4.90. The predicted octanol–water partition coefficient (Wildman–Crippen LogP) is 2.52. The Kier molecular flexibility index (Phi) is 4.81. The molecule has 1 aromatic rings. The Hall–Kier alpha value is -1.53. The first kappa shape index (κ1) is 12.5. The molecule has 0 bridgehead atoms. The smallest absolute Gasteiger partial charge is 0.339 e. The summed E-state index contributed by atoms with van der Waals surface area (Å²) in [4.78, 5) is 11.4. The fourth-order valence-electron chi connectivity index (χ4n) is 1.48. The summed E-state index contributed by atoms with van der Waals surface area (Å²) in [6.07, 6.45) is 1.47. The number of alkyl halides is 1. The average molecular weight is 238 g/mol. The Morgan fingerprint density at radius 2 is 2.31 bits per heavy atom. The second-order valence-corrected chi connectivity index (χ2v) is 3.61. The maximum absolute atomic E-state index is 11.4. The molecule has 0 saturated carbocycles. The monoisotopic (exact) mass is 237 g/mol. The zero-order chi connectivity index (χ0) is 12.0. The van der Waals surface area contributed by atoms with E-state index in [0.29, 0.717) is 23.4 Å². The van der Waals surface area contributed by atoms with Crippen molar-refractivity contribution in [2.75, 3.05) is 13.0 Å². The first-order valence-corrected chi connectivity index (χ1v) is 5.44. The van der Waals surface area contributed by atoms with Gasteiger partial charge in [-0.25, -0.2) is 4.79 Å². The maximum atomic E-state index is 11.4. The van der Waals surface area contributed by atoms with Gasteiger partial charge in [-0.1, -0.05) is 12.1 Å². The summed E-state index contributed by atoms with van der Waals surface area (Å²) >= 11 is 5.60. The number of ether oxygens (including phenoxy) is 1. The van der Waals surface area contributed by atoms with E-state index in [-0.39, 0.29) is 0 Å². The van der Waals surface area contributed by atoms with Crippen molar-refractivity contribution in [2.24, 2.45) is 0 Å². The van der Waals surface area contributed by atoms with Gasteiger partial charge >= 0.3 is 5.97 Å². The lowest BCUT2D eigenvalue weighted by atomic mass is 9.99. The molecule has 84 valence electrons. The number of carbonyl (C=O) groups excluding carboxylic acids is 1. The van der Waals surface area contributed by atoms with Crippen LogP contribution in [0.3, 0.4) is 0 Å². The first-order chi connectivity index (χ1) is 7.74. The molecule has 1 rings (SSSR count). The van der Waals surface area contributed by atoms with E-state index in [1.165, 1.54) is 7.11 Å². The van der Waals surface area contributed by atoms with Crippen LogP contribution < -0.4 is 0 Å². The number of hydrogen-bond donors (Lipinski definition) is 0. The number of rotatable bonds is 4. The zero-order valence-electron chi connectivity index (χ0n) is 9.00. The molecular formula is C12H12ClNO2. The molecule has 0 N–H and O–H groups in total. The Bertz CT molecular complexity index is 424. The maximum Gasteiger partial charge on any atom is 0.339 e. The van der Waals surface area contributed by atoms with Gasteiger partial charge < -0.3 is 4.74 Å². The van der Waals surface area contributed by atoms with Gasteiger partial charge in [-0.15, -0.1) is 11.6 Å². The zero-order valence-corrected chi connectivity index (χ0v) is 9.75. The van der Waals surface area contributed by atoms with Crippen LogP contribution in [-0.2, 0) is 11.2 Å². The summed E-state index contributed by atoms with van der Waals surface area (Å²) in [7, 11) is 1.30. The van der Waals surface area contributed by atoms with Gasteiger partial charge in [0, 0.05) is 5.88 Å². The van der Waals surface area contributed by atoms with E-state index in [4.69, 9.17) is 16.9 Å². The van der Waals surface area contributed by atoms with Crippen LogP contribution in [0.1, 0.15) is 27.9 Å². The fourth-order valence-corrected chi connectivity index (χ4v) is 1.61. The molecule has 16 heavy (non-hydrogen) atoms. The number of aryl methyl sites for hydroxylation is 1. The van der Waals surface area contributed by atoms with Crippen LogP contribution in [0.4, 0.5) is 0 Å². The molecule has 0 aromatic heterocycles. The number of methoxy groups -OCH3 is 1. The van der Waals surface area contributed by atoms with Crippen LogP contribution in [0.25, 0.3) is 0 Å². The fraction of sp³-hybridized carbons (Fsp3) is 0.333. The molecule has 0 aliphatic rings. The third-order valence-corrected chi connectivity index (χ3v) is 2.51. The number of carbonyl (C=O) groups is 1. The molecule has 3 nitrogen and oxygen atoms in total. The summed E-state index contributed by atoms with van der Waals surface area (Å²) in [5.74, 6) is 0.0529. The van der Waals surface area contributed by atoms with Gasteiger partial charge in [0.15, 0.2) is 0 Å². The van der Waals surface area contributed by atoms with E-state index in [1.807, 2.05) is 12.1 Å². The number of esters is 1. The number of hydrogen-bond acceptors (Lipinski definition) is 3. The van der Waals surface area contributed by atoms with Crippen molar-refractivity contribution in [1.82, 2.24) is 0 Å². The summed E-state index contributed by atoms with van der Waals surface area (Å²) in [6.45, 7) is 0. The predicted molar refractivity (Wildman–Crippen MR) is 61.5 cm³/mol. The largest absolute Gasteiger partial charge is 0.465 e. The van der Waals surface area contributed by atoms with Gasteiger partial charge in [0.25, 0.3) is 0 Å². The number of halogens is 1. The van der Waals surface area contributed by atoms with Crippen molar-refractivity contribution in [3.8, 4) is 6.07 Å². The quantitative estimate of drug-likeness (QED) is 0.597. The van der Waals surface area contributed by atoms with Gasteiger partial charge in [-0.2, -0.15) is 5.26 Å². The highest BCUT2D eigenvalue weighted by atomic mass is 35.5. The highest BCUT2D eigenvalue weighted by Gasteiger charge is 2.14. The second-order valence-electron chi connectivity index (χ2n) is 3.24. The molecule has 0 amide bonds. The van der Waals surface area contributed by atoms with E-state index < -0.39 is 5.97 Å². The van der Waals surface area contributed by atoms with Gasteiger partial charge in [0.1, 0.15) is 6.07 Å². The van der Waals surface area contributed by atoms with Gasteiger partial charge in [0.2, 0.25) is 0 Å². The molecule has 0 radical (unpaired) electrons. The Morgan fingerprint density at radius 3 is 2.88 bits per heavy atom. The van der Waals surface area contributed by atoms with Crippen LogP contribution in [0.2, 0.25) is 0 Å². The van der Waals surface area contributed by atoms with Gasteiger partial charge in [-0.3, -0.25) is 0 Å². The second kappa shape index (κ2) is 6.14. The van der Waals surface area contributed by atoms with Crippen LogP contribution in [0, 0.1) is 11.3 Å². The molecule has 4 heteroatoms.